The number of carboxylic acids is 1. The largest absolute Gasteiger partial charge is 0.480 e. The number of urea groups is 1. The third kappa shape index (κ3) is 5.07. The Labute approximate surface area is 118 Å². The van der Waals surface area contributed by atoms with E-state index >= 15 is 0 Å². The first-order chi connectivity index (χ1) is 9.36. The quantitative estimate of drug-likeness (QED) is 0.655. The molecule has 0 saturated heterocycles. The van der Waals surface area contributed by atoms with E-state index in [0.717, 1.165) is 32.1 Å². The summed E-state index contributed by atoms with van der Waals surface area (Å²) in [4.78, 5) is 34.0. The highest BCUT2D eigenvalue weighted by molar-refractivity contribution is 5.86. The van der Waals surface area contributed by atoms with Gasteiger partial charge in [-0.2, -0.15) is 0 Å². The summed E-state index contributed by atoms with van der Waals surface area (Å²) >= 11 is 0. The minimum Gasteiger partial charge on any atom is -0.480 e. The number of rotatable bonds is 5. The van der Waals surface area contributed by atoms with E-state index in [1.165, 1.54) is 7.11 Å². The molecule has 0 unspecified atom stereocenters. The van der Waals surface area contributed by atoms with E-state index < -0.39 is 30.4 Å². The molecular formula is C13H22N2O5. The molecule has 0 aromatic carbocycles. The van der Waals surface area contributed by atoms with Gasteiger partial charge in [0.05, 0.1) is 13.5 Å². The average Bonchev–Trinajstić information content (AvgIpc) is 2.37. The van der Waals surface area contributed by atoms with Crippen LogP contribution in [0.4, 0.5) is 4.79 Å². The normalized spacial score (nSPS) is 18.7. The Morgan fingerprint density at radius 2 is 1.85 bits per heavy atom. The van der Waals surface area contributed by atoms with E-state index in [-0.39, 0.29) is 5.54 Å². The predicted octanol–water partition coefficient (Wildman–Crippen LogP) is 1.02. The SMILES string of the molecule is COC(=O)C[C@H](NC(=O)NC1(C)CCCCC1)C(=O)O. The molecule has 0 heterocycles. The van der Waals surface area contributed by atoms with Crippen LogP contribution in [0.25, 0.3) is 0 Å². The summed E-state index contributed by atoms with van der Waals surface area (Å²) in [6.45, 7) is 1.95. The third-order valence-electron chi connectivity index (χ3n) is 3.57. The fourth-order valence-electron chi connectivity index (χ4n) is 2.38. The van der Waals surface area contributed by atoms with Crippen molar-refractivity contribution in [2.24, 2.45) is 0 Å². The zero-order valence-electron chi connectivity index (χ0n) is 11.9. The maximum absolute atomic E-state index is 11.9. The number of esters is 1. The number of carbonyl (C=O) groups is 3. The van der Waals surface area contributed by atoms with Crippen molar-refractivity contribution in [2.75, 3.05) is 7.11 Å². The molecule has 0 radical (unpaired) electrons. The highest BCUT2D eigenvalue weighted by Crippen LogP contribution is 2.27. The number of hydrogen-bond acceptors (Lipinski definition) is 4. The van der Waals surface area contributed by atoms with E-state index in [4.69, 9.17) is 5.11 Å². The molecule has 3 N–H and O–H groups in total. The molecule has 0 aromatic heterocycles. The van der Waals surface area contributed by atoms with Crippen molar-refractivity contribution in [3.63, 3.8) is 0 Å². The van der Waals surface area contributed by atoms with E-state index in [0.29, 0.717) is 0 Å². The molecule has 0 bridgehead atoms. The molecule has 2 amide bonds. The number of ether oxygens (including phenoxy) is 1. The maximum atomic E-state index is 11.9. The van der Waals surface area contributed by atoms with Gasteiger partial charge in [0.15, 0.2) is 0 Å². The number of methoxy groups -OCH3 is 1. The third-order valence-corrected chi connectivity index (χ3v) is 3.57. The van der Waals surface area contributed by atoms with Crippen molar-refractivity contribution in [3.05, 3.63) is 0 Å². The van der Waals surface area contributed by atoms with E-state index in [2.05, 4.69) is 15.4 Å². The number of aliphatic carboxylic acids is 1. The number of nitrogens with one attached hydrogen (secondary N) is 2. The molecule has 1 atom stereocenters. The predicted molar refractivity (Wildman–Crippen MR) is 71.2 cm³/mol. The van der Waals surface area contributed by atoms with Gasteiger partial charge in [0.25, 0.3) is 0 Å². The van der Waals surface area contributed by atoms with Gasteiger partial charge in [-0.25, -0.2) is 9.59 Å². The van der Waals surface area contributed by atoms with Crippen molar-refractivity contribution < 1.29 is 24.2 Å². The van der Waals surface area contributed by atoms with E-state index in [1.807, 2.05) is 6.92 Å². The van der Waals surface area contributed by atoms with Crippen LogP contribution in [-0.2, 0) is 14.3 Å². The monoisotopic (exact) mass is 286 g/mol. The van der Waals surface area contributed by atoms with E-state index in [9.17, 15) is 14.4 Å². The first-order valence-corrected chi connectivity index (χ1v) is 6.74. The molecule has 1 saturated carbocycles. The zero-order valence-corrected chi connectivity index (χ0v) is 11.9. The lowest BCUT2D eigenvalue weighted by Crippen LogP contribution is -2.54. The Morgan fingerprint density at radius 1 is 1.25 bits per heavy atom. The summed E-state index contributed by atoms with van der Waals surface area (Å²) in [5.74, 6) is -1.94. The molecule has 0 aliphatic heterocycles. The molecule has 1 aliphatic rings. The molecule has 0 aromatic rings. The van der Waals surface area contributed by atoms with Crippen molar-refractivity contribution in [2.45, 2.75) is 57.0 Å². The van der Waals surface area contributed by atoms with Gasteiger partial charge in [0.2, 0.25) is 0 Å². The summed E-state index contributed by atoms with van der Waals surface area (Å²) < 4.78 is 4.41. The van der Waals surface area contributed by atoms with Gasteiger partial charge in [0, 0.05) is 5.54 Å². The van der Waals surface area contributed by atoms with Crippen LogP contribution in [0.1, 0.15) is 45.4 Å². The average molecular weight is 286 g/mol. The fourth-order valence-corrected chi connectivity index (χ4v) is 2.38. The summed E-state index contributed by atoms with van der Waals surface area (Å²) in [5, 5.41) is 14.1. The van der Waals surface area contributed by atoms with Gasteiger partial charge in [0.1, 0.15) is 6.04 Å². The van der Waals surface area contributed by atoms with Gasteiger partial charge in [-0.1, -0.05) is 19.3 Å². The van der Waals surface area contributed by atoms with Crippen LogP contribution >= 0.6 is 0 Å². The van der Waals surface area contributed by atoms with Crippen LogP contribution in [-0.4, -0.2) is 41.8 Å². The molecule has 1 aliphatic carbocycles. The minimum absolute atomic E-state index is 0.309. The Hall–Kier alpha value is -1.79. The standard InChI is InChI=1S/C13H22N2O5/c1-13(6-4-3-5-7-13)15-12(19)14-9(11(17)18)8-10(16)20-2/h9H,3-8H2,1-2H3,(H,17,18)(H2,14,15,19)/t9-/m0/s1. The number of carbonyl (C=O) groups excluding carboxylic acids is 2. The molecule has 114 valence electrons. The molecule has 0 spiro atoms. The second kappa shape index (κ2) is 7.12. The van der Waals surface area contributed by atoms with Gasteiger partial charge < -0.3 is 20.5 Å². The van der Waals surface area contributed by atoms with E-state index in [1.54, 1.807) is 0 Å². The van der Waals surface area contributed by atoms with Gasteiger partial charge in [-0.05, 0) is 19.8 Å². The van der Waals surface area contributed by atoms with Crippen molar-refractivity contribution in [1.82, 2.24) is 10.6 Å². The van der Waals surface area contributed by atoms with Crippen LogP contribution in [0.2, 0.25) is 0 Å². The second-order valence-electron chi connectivity index (χ2n) is 5.39. The van der Waals surface area contributed by atoms with Gasteiger partial charge in [-0.3, -0.25) is 4.79 Å². The van der Waals surface area contributed by atoms with Crippen LogP contribution in [0, 0.1) is 0 Å². The molecule has 20 heavy (non-hydrogen) atoms. The van der Waals surface area contributed by atoms with Crippen LogP contribution < -0.4 is 10.6 Å². The summed E-state index contributed by atoms with van der Waals surface area (Å²) in [5.41, 5.74) is -0.309. The Kier molecular flexibility index (Phi) is 5.79. The first kappa shape index (κ1) is 16.3. The highest BCUT2D eigenvalue weighted by atomic mass is 16.5. The first-order valence-electron chi connectivity index (χ1n) is 6.74. The number of amides is 2. The Morgan fingerprint density at radius 3 is 2.35 bits per heavy atom. The minimum atomic E-state index is -1.28. The summed E-state index contributed by atoms with van der Waals surface area (Å²) in [6, 6.07) is -1.85. The summed E-state index contributed by atoms with van der Waals surface area (Å²) in [6.07, 6.45) is 4.59. The van der Waals surface area contributed by atoms with Gasteiger partial charge >= 0.3 is 18.0 Å². The lowest BCUT2D eigenvalue weighted by atomic mass is 9.83. The smallest absolute Gasteiger partial charge is 0.326 e. The molecule has 1 fully saturated rings. The zero-order chi connectivity index (χ0) is 15.2. The fraction of sp³-hybridized carbons (Fsp3) is 0.769. The molecule has 7 nitrogen and oxygen atoms in total. The van der Waals surface area contributed by atoms with Crippen LogP contribution in [0.15, 0.2) is 0 Å². The lowest BCUT2D eigenvalue weighted by molar-refractivity contribution is -0.147. The molecule has 7 heteroatoms. The van der Waals surface area contributed by atoms with Gasteiger partial charge in [-0.15, -0.1) is 0 Å². The topological polar surface area (TPSA) is 105 Å². The Balaban J connectivity index is 2.53. The molecular weight excluding hydrogens is 264 g/mol. The maximum Gasteiger partial charge on any atom is 0.326 e. The van der Waals surface area contributed by atoms with Crippen LogP contribution in [0.5, 0.6) is 0 Å². The highest BCUT2D eigenvalue weighted by Gasteiger charge is 2.30. The second-order valence-corrected chi connectivity index (χ2v) is 5.39. The Bertz CT molecular complexity index is 377. The summed E-state index contributed by atoms with van der Waals surface area (Å²) in [7, 11) is 1.17. The van der Waals surface area contributed by atoms with Crippen molar-refractivity contribution in [3.8, 4) is 0 Å². The van der Waals surface area contributed by atoms with Crippen molar-refractivity contribution in [1.29, 1.82) is 0 Å². The lowest BCUT2D eigenvalue weighted by Gasteiger charge is -2.34. The number of carboxylic acid groups (broad SMARTS) is 1. The van der Waals surface area contributed by atoms with Crippen molar-refractivity contribution >= 4 is 18.0 Å². The molecule has 1 rings (SSSR count). The van der Waals surface area contributed by atoms with Crippen LogP contribution in [0.3, 0.4) is 0 Å². The number of hydrogen-bond donors (Lipinski definition) is 3.